The maximum absolute atomic E-state index is 5.30. The van der Waals surface area contributed by atoms with Gasteiger partial charge in [0.2, 0.25) is 5.95 Å². The fourth-order valence-electron chi connectivity index (χ4n) is 0.687. The summed E-state index contributed by atoms with van der Waals surface area (Å²) in [5.41, 5.74) is 11.1. The van der Waals surface area contributed by atoms with Gasteiger partial charge in [0.05, 0.1) is 5.69 Å². The van der Waals surface area contributed by atoms with E-state index in [1.54, 1.807) is 43.0 Å². The first kappa shape index (κ1) is 9.91. The third kappa shape index (κ3) is 4.01. The first-order valence-electron chi connectivity index (χ1n) is 3.97. The van der Waals surface area contributed by atoms with E-state index in [2.05, 4.69) is 15.0 Å². The van der Waals surface area contributed by atoms with Crippen molar-refractivity contribution in [2.45, 2.75) is 0 Å². The van der Waals surface area contributed by atoms with Crippen LogP contribution < -0.4 is 11.5 Å². The number of nitrogens with zero attached hydrogens (tertiary/aromatic N) is 3. The van der Waals surface area contributed by atoms with Crippen molar-refractivity contribution in [3.05, 3.63) is 43.0 Å². The summed E-state index contributed by atoms with van der Waals surface area (Å²) in [6.07, 6.45) is 6.50. The molecular weight excluding hydrogens is 178 g/mol. The largest absolute Gasteiger partial charge is 0.397 e. The van der Waals surface area contributed by atoms with E-state index in [1.165, 1.54) is 0 Å². The second-order valence-corrected chi connectivity index (χ2v) is 2.39. The van der Waals surface area contributed by atoms with Gasteiger partial charge in [-0.25, -0.2) is 9.97 Å². The highest BCUT2D eigenvalue weighted by atomic mass is 15.0. The van der Waals surface area contributed by atoms with Crippen LogP contribution in [0, 0.1) is 0 Å². The van der Waals surface area contributed by atoms with E-state index in [0.717, 1.165) is 0 Å². The molecule has 0 unspecified atom stereocenters. The minimum absolute atomic E-state index is 0.322. The zero-order valence-corrected chi connectivity index (χ0v) is 7.54. The fraction of sp³-hybridized carbons (Fsp3) is 0. The summed E-state index contributed by atoms with van der Waals surface area (Å²) in [6, 6.07) is 5.32. The van der Waals surface area contributed by atoms with Crippen LogP contribution in [0.3, 0.4) is 0 Å². The predicted molar refractivity (Wildman–Crippen MR) is 55.1 cm³/mol. The van der Waals surface area contributed by atoms with E-state index in [-0.39, 0.29) is 0 Å². The molecule has 0 aromatic carbocycles. The lowest BCUT2D eigenvalue weighted by molar-refractivity contribution is 1.19. The number of hydrogen-bond acceptors (Lipinski definition) is 5. The van der Waals surface area contributed by atoms with E-state index in [0.29, 0.717) is 11.6 Å². The smallest absolute Gasteiger partial charge is 0.219 e. The number of hydrogen-bond donors (Lipinski definition) is 2. The number of nitrogen functional groups attached to an aromatic ring is 2. The molecule has 2 aromatic rings. The van der Waals surface area contributed by atoms with Gasteiger partial charge in [-0.05, 0) is 18.2 Å². The number of pyridine rings is 1. The Morgan fingerprint density at radius 1 is 0.929 bits per heavy atom. The van der Waals surface area contributed by atoms with Gasteiger partial charge in [0, 0.05) is 24.8 Å². The van der Waals surface area contributed by atoms with Crippen LogP contribution in [-0.2, 0) is 0 Å². The van der Waals surface area contributed by atoms with Crippen molar-refractivity contribution in [2.75, 3.05) is 11.5 Å². The summed E-state index contributed by atoms with van der Waals surface area (Å²) in [4.78, 5) is 11.1. The van der Waals surface area contributed by atoms with Gasteiger partial charge in [-0.15, -0.1) is 0 Å². The van der Waals surface area contributed by atoms with Gasteiger partial charge in [-0.1, -0.05) is 0 Å². The molecule has 0 aliphatic heterocycles. The molecule has 0 fully saturated rings. The summed E-state index contributed by atoms with van der Waals surface area (Å²) in [5, 5.41) is 0. The topological polar surface area (TPSA) is 90.7 Å². The summed E-state index contributed by atoms with van der Waals surface area (Å²) in [7, 11) is 0. The molecule has 2 aromatic heterocycles. The van der Waals surface area contributed by atoms with Crippen molar-refractivity contribution in [1.82, 2.24) is 15.0 Å². The van der Waals surface area contributed by atoms with Crippen LogP contribution in [0.15, 0.2) is 43.0 Å². The molecule has 0 spiro atoms. The quantitative estimate of drug-likeness (QED) is 0.637. The number of nitrogens with two attached hydrogens (primary N) is 2. The van der Waals surface area contributed by atoms with Crippen LogP contribution >= 0.6 is 0 Å². The van der Waals surface area contributed by atoms with E-state index < -0.39 is 0 Å². The highest BCUT2D eigenvalue weighted by Crippen LogP contribution is 1.92. The summed E-state index contributed by atoms with van der Waals surface area (Å²) < 4.78 is 0. The van der Waals surface area contributed by atoms with Gasteiger partial charge < -0.3 is 11.5 Å². The van der Waals surface area contributed by atoms with Gasteiger partial charge in [0.25, 0.3) is 0 Å². The lowest BCUT2D eigenvalue weighted by Crippen LogP contribution is -1.90. The van der Waals surface area contributed by atoms with Crippen LogP contribution in [0.4, 0.5) is 11.6 Å². The molecule has 0 radical (unpaired) electrons. The van der Waals surface area contributed by atoms with Gasteiger partial charge in [0.1, 0.15) is 0 Å². The van der Waals surface area contributed by atoms with Crippen LogP contribution in [0.1, 0.15) is 0 Å². The molecule has 2 rings (SSSR count). The Labute approximate surface area is 81.8 Å². The first-order chi connectivity index (χ1) is 6.79. The molecule has 14 heavy (non-hydrogen) atoms. The molecule has 0 aliphatic carbocycles. The van der Waals surface area contributed by atoms with E-state index >= 15 is 0 Å². The second-order valence-electron chi connectivity index (χ2n) is 2.39. The molecule has 2 heterocycles. The Balaban J connectivity index is 0.000000140. The zero-order valence-electron chi connectivity index (χ0n) is 7.54. The van der Waals surface area contributed by atoms with Crippen molar-refractivity contribution < 1.29 is 0 Å². The average Bonchev–Trinajstić information content (AvgIpc) is 2.21. The number of rotatable bonds is 0. The minimum atomic E-state index is 0.322. The SMILES string of the molecule is Nc1cccnc1.Nc1ncccn1. The van der Waals surface area contributed by atoms with Gasteiger partial charge >= 0.3 is 0 Å². The lowest BCUT2D eigenvalue weighted by Gasteiger charge is -1.83. The molecule has 5 heteroatoms. The van der Waals surface area contributed by atoms with E-state index in [4.69, 9.17) is 11.5 Å². The molecular formula is C9H11N5. The van der Waals surface area contributed by atoms with Gasteiger partial charge in [-0.2, -0.15) is 0 Å². The third-order valence-electron chi connectivity index (χ3n) is 1.27. The van der Waals surface area contributed by atoms with E-state index in [9.17, 15) is 0 Å². The molecule has 0 amide bonds. The Hall–Kier alpha value is -2.17. The predicted octanol–water partition coefficient (Wildman–Crippen LogP) is 0.723. The zero-order chi connectivity index (χ0) is 10.2. The molecule has 0 aliphatic rings. The van der Waals surface area contributed by atoms with E-state index in [1.807, 2.05) is 0 Å². The Bertz CT molecular complexity index is 311. The summed E-state index contributed by atoms with van der Waals surface area (Å²) >= 11 is 0. The highest BCUT2D eigenvalue weighted by molar-refractivity contribution is 5.32. The van der Waals surface area contributed by atoms with Crippen molar-refractivity contribution in [3.8, 4) is 0 Å². The third-order valence-corrected chi connectivity index (χ3v) is 1.27. The second kappa shape index (κ2) is 5.47. The van der Waals surface area contributed by atoms with Crippen LogP contribution in [-0.4, -0.2) is 15.0 Å². The minimum Gasteiger partial charge on any atom is -0.397 e. The average molecular weight is 189 g/mol. The maximum Gasteiger partial charge on any atom is 0.219 e. The van der Waals surface area contributed by atoms with Crippen molar-refractivity contribution in [2.24, 2.45) is 0 Å². The normalized spacial score (nSPS) is 8.57. The standard InChI is InChI=1S/C5H6N2.C4H5N3/c6-5-2-1-3-7-4-5;5-4-6-2-1-3-7-4/h1-4H,6H2;1-3H,(H2,5,6,7). The van der Waals surface area contributed by atoms with Crippen molar-refractivity contribution in [1.29, 1.82) is 0 Å². The monoisotopic (exact) mass is 189 g/mol. The van der Waals surface area contributed by atoms with Crippen LogP contribution in [0.25, 0.3) is 0 Å². The van der Waals surface area contributed by atoms with Gasteiger partial charge in [-0.3, -0.25) is 4.98 Å². The molecule has 0 saturated heterocycles. The number of anilines is 2. The van der Waals surface area contributed by atoms with Crippen molar-refractivity contribution in [3.63, 3.8) is 0 Å². The maximum atomic E-state index is 5.30. The molecule has 72 valence electrons. The number of aromatic nitrogens is 3. The highest BCUT2D eigenvalue weighted by Gasteiger charge is 1.75. The summed E-state index contributed by atoms with van der Waals surface area (Å²) in [5.74, 6) is 0.322. The molecule has 4 N–H and O–H groups in total. The molecule has 0 atom stereocenters. The Morgan fingerprint density at radius 3 is 1.93 bits per heavy atom. The Morgan fingerprint density at radius 2 is 1.64 bits per heavy atom. The Kier molecular flexibility index (Phi) is 3.87. The first-order valence-corrected chi connectivity index (χ1v) is 3.97. The molecule has 0 bridgehead atoms. The fourth-order valence-corrected chi connectivity index (χ4v) is 0.687. The summed E-state index contributed by atoms with van der Waals surface area (Å²) in [6.45, 7) is 0. The molecule has 0 saturated carbocycles. The van der Waals surface area contributed by atoms with Crippen LogP contribution in [0.2, 0.25) is 0 Å². The molecule has 5 nitrogen and oxygen atoms in total. The van der Waals surface area contributed by atoms with Gasteiger partial charge in [0.15, 0.2) is 0 Å². The van der Waals surface area contributed by atoms with Crippen LogP contribution in [0.5, 0.6) is 0 Å². The van der Waals surface area contributed by atoms with Crippen molar-refractivity contribution >= 4 is 11.6 Å². The lowest BCUT2D eigenvalue weighted by atomic mass is 10.4.